The lowest BCUT2D eigenvalue weighted by Crippen LogP contribution is -2.40. The van der Waals surface area contributed by atoms with Gasteiger partial charge in [-0.05, 0) is 60.3 Å². The standard InChI is InChI=1S/C18H20BrNO3/c19-16-4-2-12-7-11(1-3-14(12)15(16)9-21)13-5-6-18(8-13)10-23-17(22)20-18/h1,3,7,13,21H,2,4-6,8-10H2,(H,20,22)/t13-,18+/m0/s1. The molecular formula is C18H20BrNO3. The first-order chi connectivity index (χ1) is 11.1. The number of ether oxygens (including phenoxy) is 1. The van der Waals surface area contributed by atoms with E-state index in [1.54, 1.807) is 0 Å². The quantitative estimate of drug-likeness (QED) is 0.829. The number of aryl methyl sites for hydroxylation is 1. The molecule has 0 unspecified atom stereocenters. The normalized spacial score (nSPS) is 29.7. The van der Waals surface area contributed by atoms with Crippen LogP contribution < -0.4 is 5.32 Å². The van der Waals surface area contributed by atoms with Gasteiger partial charge in [0.1, 0.15) is 6.61 Å². The molecule has 122 valence electrons. The zero-order valence-corrected chi connectivity index (χ0v) is 14.5. The van der Waals surface area contributed by atoms with Crippen molar-refractivity contribution in [1.82, 2.24) is 5.32 Å². The molecule has 1 saturated heterocycles. The first kappa shape index (κ1) is 15.2. The first-order valence-electron chi connectivity index (χ1n) is 8.17. The van der Waals surface area contributed by atoms with Crippen LogP contribution in [-0.4, -0.2) is 30.0 Å². The van der Waals surface area contributed by atoms with Crippen LogP contribution in [0.4, 0.5) is 4.79 Å². The zero-order chi connectivity index (χ0) is 16.0. The lowest BCUT2D eigenvalue weighted by Gasteiger charge is -2.23. The molecule has 1 aromatic carbocycles. The van der Waals surface area contributed by atoms with Gasteiger partial charge >= 0.3 is 6.09 Å². The molecule has 1 spiro atoms. The number of rotatable bonds is 2. The second-order valence-electron chi connectivity index (χ2n) is 6.88. The number of amides is 1. The summed E-state index contributed by atoms with van der Waals surface area (Å²) in [4.78, 5) is 11.4. The minimum atomic E-state index is -0.279. The number of fused-ring (bicyclic) bond motifs is 1. The highest BCUT2D eigenvalue weighted by Gasteiger charge is 2.46. The Morgan fingerprint density at radius 3 is 3.00 bits per heavy atom. The molecule has 0 aromatic heterocycles. The lowest BCUT2D eigenvalue weighted by atomic mass is 9.86. The molecule has 2 fully saturated rings. The van der Waals surface area contributed by atoms with Gasteiger partial charge in [-0.2, -0.15) is 0 Å². The van der Waals surface area contributed by atoms with Crippen LogP contribution >= 0.6 is 15.9 Å². The number of halogens is 1. The lowest BCUT2D eigenvalue weighted by molar-refractivity contribution is 0.172. The van der Waals surface area contributed by atoms with Gasteiger partial charge in [-0.1, -0.05) is 34.1 Å². The van der Waals surface area contributed by atoms with Crippen molar-refractivity contribution in [2.75, 3.05) is 13.2 Å². The van der Waals surface area contributed by atoms with Gasteiger partial charge in [-0.3, -0.25) is 0 Å². The average Bonchev–Trinajstić information content (AvgIpc) is 3.13. The van der Waals surface area contributed by atoms with Crippen molar-refractivity contribution in [3.8, 4) is 0 Å². The molecule has 4 nitrogen and oxygen atoms in total. The summed E-state index contributed by atoms with van der Waals surface area (Å²) in [6.45, 7) is 0.570. The molecule has 1 heterocycles. The van der Waals surface area contributed by atoms with E-state index in [9.17, 15) is 9.90 Å². The zero-order valence-electron chi connectivity index (χ0n) is 12.9. The molecule has 5 heteroatoms. The van der Waals surface area contributed by atoms with Crippen LogP contribution in [0.5, 0.6) is 0 Å². The fourth-order valence-electron chi connectivity index (χ4n) is 4.23. The molecule has 23 heavy (non-hydrogen) atoms. The van der Waals surface area contributed by atoms with Crippen molar-refractivity contribution >= 4 is 27.6 Å². The van der Waals surface area contributed by atoms with E-state index in [4.69, 9.17) is 4.74 Å². The molecule has 1 saturated carbocycles. The number of hydrogen-bond donors (Lipinski definition) is 2. The van der Waals surface area contributed by atoms with Crippen molar-refractivity contribution in [3.05, 3.63) is 39.4 Å². The van der Waals surface area contributed by atoms with Crippen molar-refractivity contribution in [1.29, 1.82) is 0 Å². The van der Waals surface area contributed by atoms with Crippen LogP contribution in [0.2, 0.25) is 0 Å². The summed E-state index contributed by atoms with van der Waals surface area (Å²) in [5.74, 6) is 0.467. The first-order valence-corrected chi connectivity index (χ1v) is 8.96. The number of allylic oxidation sites excluding steroid dienone is 1. The van der Waals surface area contributed by atoms with Gasteiger partial charge in [0.05, 0.1) is 12.1 Å². The smallest absolute Gasteiger partial charge is 0.407 e. The van der Waals surface area contributed by atoms with Gasteiger partial charge < -0.3 is 15.2 Å². The summed E-state index contributed by atoms with van der Waals surface area (Å²) in [6.07, 6.45) is 4.68. The highest BCUT2D eigenvalue weighted by molar-refractivity contribution is 9.11. The van der Waals surface area contributed by atoms with Gasteiger partial charge in [0.25, 0.3) is 0 Å². The van der Waals surface area contributed by atoms with Gasteiger partial charge in [0, 0.05) is 4.48 Å². The molecule has 2 aliphatic carbocycles. The number of alkyl carbamates (subject to hydrolysis) is 1. The molecule has 2 atom stereocenters. The summed E-state index contributed by atoms with van der Waals surface area (Å²) in [6, 6.07) is 6.62. The highest BCUT2D eigenvalue weighted by atomic mass is 79.9. The molecule has 1 aliphatic heterocycles. The molecule has 0 bridgehead atoms. The Labute approximate surface area is 144 Å². The number of nitrogens with one attached hydrogen (secondary N) is 1. The Morgan fingerprint density at radius 2 is 2.26 bits per heavy atom. The van der Waals surface area contributed by atoms with Crippen molar-refractivity contribution in [3.63, 3.8) is 0 Å². The van der Waals surface area contributed by atoms with E-state index < -0.39 is 0 Å². The predicted molar refractivity (Wildman–Crippen MR) is 91.5 cm³/mol. The molecule has 2 N–H and O–H groups in total. The van der Waals surface area contributed by atoms with Crippen molar-refractivity contribution in [2.24, 2.45) is 0 Å². The number of carbonyl (C=O) groups is 1. The summed E-state index contributed by atoms with van der Waals surface area (Å²) >= 11 is 3.58. The third-order valence-corrected chi connectivity index (χ3v) is 6.36. The van der Waals surface area contributed by atoms with Crippen LogP contribution in [0.1, 0.15) is 48.3 Å². The Hall–Kier alpha value is -1.33. The maximum Gasteiger partial charge on any atom is 0.407 e. The van der Waals surface area contributed by atoms with Crippen LogP contribution in [0.3, 0.4) is 0 Å². The second-order valence-corrected chi connectivity index (χ2v) is 7.84. The van der Waals surface area contributed by atoms with Gasteiger partial charge in [-0.25, -0.2) is 4.79 Å². The number of cyclic esters (lactones) is 1. The summed E-state index contributed by atoms with van der Waals surface area (Å²) in [5.41, 5.74) is 4.69. The molecule has 4 rings (SSSR count). The summed E-state index contributed by atoms with van der Waals surface area (Å²) in [5, 5.41) is 12.6. The van der Waals surface area contributed by atoms with Gasteiger partial charge in [0.2, 0.25) is 0 Å². The molecule has 1 aromatic rings. The van der Waals surface area contributed by atoms with E-state index in [2.05, 4.69) is 39.4 Å². The average molecular weight is 378 g/mol. The predicted octanol–water partition coefficient (Wildman–Crippen LogP) is 3.48. The van der Waals surface area contributed by atoms with Crippen LogP contribution in [-0.2, 0) is 11.2 Å². The third kappa shape index (κ3) is 2.60. The molecule has 3 aliphatic rings. The monoisotopic (exact) mass is 377 g/mol. The van der Waals surface area contributed by atoms with E-state index in [-0.39, 0.29) is 18.2 Å². The number of benzene rings is 1. The second kappa shape index (κ2) is 5.64. The fourth-order valence-corrected chi connectivity index (χ4v) is 4.77. The Morgan fingerprint density at radius 1 is 1.39 bits per heavy atom. The minimum absolute atomic E-state index is 0.0723. The SMILES string of the molecule is O=C1N[C@@]2(CC[C@H](c3ccc4c(c3)CCC(Br)=C4CO)C2)CO1. The van der Waals surface area contributed by atoms with Crippen molar-refractivity contribution in [2.45, 2.75) is 43.6 Å². The number of hydrogen-bond acceptors (Lipinski definition) is 3. The number of aliphatic hydroxyl groups excluding tert-OH is 1. The number of carbonyl (C=O) groups excluding carboxylic acids is 1. The molecule has 0 radical (unpaired) electrons. The van der Waals surface area contributed by atoms with E-state index in [1.807, 2.05) is 0 Å². The number of aliphatic hydroxyl groups is 1. The maximum atomic E-state index is 11.4. The summed E-state index contributed by atoms with van der Waals surface area (Å²) < 4.78 is 6.23. The minimum Gasteiger partial charge on any atom is -0.447 e. The summed E-state index contributed by atoms with van der Waals surface area (Å²) in [7, 11) is 0. The molecule has 1 amide bonds. The van der Waals surface area contributed by atoms with Gasteiger partial charge in [0.15, 0.2) is 0 Å². The van der Waals surface area contributed by atoms with E-state index in [0.717, 1.165) is 42.2 Å². The highest BCUT2D eigenvalue weighted by Crippen LogP contribution is 2.44. The van der Waals surface area contributed by atoms with E-state index in [1.165, 1.54) is 16.7 Å². The van der Waals surface area contributed by atoms with Crippen LogP contribution in [0.15, 0.2) is 22.7 Å². The van der Waals surface area contributed by atoms with Crippen LogP contribution in [0.25, 0.3) is 5.57 Å². The Bertz CT molecular complexity index is 700. The van der Waals surface area contributed by atoms with Crippen molar-refractivity contribution < 1.29 is 14.6 Å². The van der Waals surface area contributed by atoms with Crippen LogP contribution in [0, 0.1) is 0 Å². The molecular weight excluding hydrogens is 358 g/mol. The fraction of sp³-hybridized carbons (Fsp3) is 0.500. The largest absolute Gasteiger partial charge is 0.447 e. The Balaban J connectivity index is 1.59. The van der Waals surface area contributed by atoms with E-state index >= 15 is 0 Å². The Kier molecular flexibility index (Phi) is 3.73. The van der Waals surface area contributed by atoms with Gasteiger partial charge in [-0.15, -0.1) is 0 Å². The topological polar surface area (TPSA) is 58.6 Å². The maximum absolute atomic E-state index is 11.4. The third-order valence-electron chi connectivity index (χ3n) is 5.48. The van der Waals surface area contributed by atoms with E-state index in [0.29, 0.717) is 12.5 Å².